The van der Waals surface area contributed by atoms with Gasteiger partial charge in [0.2, 0.25) is 5.91 Å². The number of aliphatic hydroxyl groups excluding tert-OH is 1. The molecule has 4 aliphatic rings. The van der Waals surface area contributed by atoms with Gasteiger partial charge in [0, 0.05) is 82.8 Å². The van der Waals surface area contributed by atoms with E-state index in [-0.39, 0.29) is 36.2 Å². The summed E-state index contributed by atoms with van der Waals surface area (Å²) in [4.78, 5) is 35.1. The maximum atomic E-state index is 15.0. The second-order valence-electron chi connectivity index (χ2n) is 15.0. The van der Waals surface area contributed by atoms with E-state index in [1.54, 1.807) is 18.5 Å². The summed E-state index contributed by atoms with van der Waals surface area (Å²) in [6.07, 6.45) is 12.7. The molecule has 52 heavy (non-hydrogen) atoms. The minimum absolute atomic E-state index is 0.00260. The number of carbonyl (C=O) groups excluding carboxylic acids is 1. The Kier molecular flexibility index (Phi) is 10.3. The van der Waals surface area contributed by atoms with Crippen molar-refractivity contribution in [1.29, 1.82) is 0 Å². The van der Waals surface area contributed by atoms with E-state index in [9.17, 15) is 14.3 Å². The molecular weight excluding hydrogens is 664 g/mol. The molecule has 5 heterocycles. The molecule has 0 saturated carbocycles. The average molecular weight is 712 g/mol. The van der Waals surface area contributed by atoms with E-state index in [1.807, 2.05) is 31.0 Å². The number of benzene rings is 1. The number of aromatic nitrogens is 3. The fraction of sp³-hybridized carbons (Fsp3) is 0.500. The van der Waals surface area contributed by atoms with Crippen LogP contribution < -0.4 is 9.64 Å². The Morgan fingerprint density at radius 2 is 2.13 bits per heavy atom. The number of likely N-dealkylation sites (tertiary alicyclic amines) is 2. The molecule has 274 valence electrons. The van der Waals surface area contributed by atoms with E-state index < -0.39 is 23.6 Å². The SMILES string of the molecule is C#Cc1c(F)ccc2c1[C@H](N1CCc3c(nc(OC[C@]4(C)C[C@@H](F)CN4Cc4cccnc4)nc3N(C)C[C@@H]3CCCN3C(=O)C=C)C1)C[C@@H](O)C2. The second-order valence-corrected chi connectivity index (χ2v) is 15.0. The van der Waals surface area contributed by atoms with Crippen molar-refractivity contribution in [2.75, 3.05) is 44.7 Å². The van der Waals surface area contributed by atoms with Crippen molar-refractivity contribution in [1.82, 2.24) is 29.7 Å². The van der Waals surface area contributed by atoms with Gasteiger partial charge in [0.1, 0.15) is 24.4 Å². The smallest absolute Gasteiger partial charge is 0.318 e. The Morgan fingerprint density at radius 3 is 2.90 bits per heavy atom. The van der Waals surface area contributed by atoms with Crippen molar-refractivity contribution in [3.05, 3.63) is 88.6 Å². The normalized spacial score (nSPS) is 26.0. The Bertz CT molecular complexity index is 1850. The number of terminal acetylenes is 1. The summed E-state index contributed by atoms with van der Waals surface area (Å²) in [6, 6.07) is 6.87. The number of aliphatic hydroxyl groups is 1. The van der Waals surface area contributed by atoms with Crippen LogP contribution in [0.1, 0.15) is 72.2 Å². The van der Waals surface area contributed by atoms with Crippen LogP contribution in [0.15, 0.2) is 49.3 Å². The molecular formula is C40H47F2N7O3. The van der Waals surface area contributed by atoms with Gasteiger partial charge in [-0.05, 0) is 73.9 Å². The zero-order valence-electron chi connectivity index (χ0n) is 30.0. The molecule has 3 aromatic rings. The van der Waals surface area contributed by atoms with Crippen molar-refractivity contribution in [2.45, 2.75) is 88.4 Å². The number of carbonyl (C=O) groups is 1. The highest BCUT2D eigenvalue weighted by atomic mass is 19.1. The molecule has 1 amide bonds. The maximum Gasteiger partial charge on any atom is 0.318 e. The number of hydrogen-bond donors (Lipinski definition) is 1. The third-order valence-corrected chi connectivity index (χ3v) is 11.3. The predicted octanol–water partition coefficient (Wildman–Crippen LogP) is 4.39. The maximum absolute atomic E-state index is 15.0. The molecule has 0 spiro atoms. The first-order chi connectivity index (χ1) is 25.1. The van der Waals surface area contributed by atoms with Crippen LogP contribution in [0.5, 0.6) is 6.01 Å². The van der Waals surface area contributed by atoms with Crippen molar-refractivity contribution >= 4 is 11.7 Å². The number of pyridine rings is 1. The van der Waals surface area contributed by atoms with E-state index in [4.69, 9.17) is 21.1 Å². The van der Waals surface area contributed by atoms with E-state index in [2.05, 4.69) is 32.2 Å². The zero-order valence-corrected chi connectivity index (χ0v) is 30.0. The van der Waals surface area contributed by atoms with Gasteiger partial charge >= 0.3 is 6.01 Å². The number of hydrogen-bond acceptors (Lipinski definition) is 9. The minimum atomic E-state index is -0.996. The molecule has 12 heteroatoms. The Morgan fingerprint density at radius 1 is 1.29 bits per heavy atom. The number of nitrogens with zero attached hydrogens (tertiary/aromatic N) is 7. The van der Waals surface area contributed by atoms with Crippen molar-refractivity contribution < 1.29 is 23.4 Å². The van der Waals surface area contributed by atoms with Crippen LogP contribution >= 0.6 is 0 Å². The number of amides is 1. The third kappa shape index (κ3) is 7.14. The fourth-order valence-corrected chi connectivity index (χ4v) is 8.74. The van der Waals surface area contributed by atoms with Crippen molar-refractivity contribution in [3.8, 4) is 18.4 Å². The van der Waals surface area contributed by atoms with Crippen LogP contribution in [-0.4, -0.2) is 104 Å². The van der Waals surface area contributed by atoms with Gasteiger partial charge in [0.05, 0.1) is 22.9 Å². The predicted molar refractivity (Wildman–Crippen MR) is 194 cm³/mol. The number of halogens is 2. The first kappa shape index (κ1) is 35.9. The van der Waals surface area contributed by atoms with Gasteiger partial charge in [-0.1, -0.05) is 24.6 Å². The molecule has 2 fully saturated rings. The highest BCUT2D eigenvalue weighted by Gasteiger charge is 2.43. The van der Waals surface area contributed by atoms with Gasteiger partial charge < -0.3 is 19.6 Å². The Labute approximate surface area is 304 Å². The summed E-state index contributed by atoms with van der Waals surface area (Å²) >= 11 is 0. The van der Waals surface area contributed by atoms with Gasteiger partial charge in [-0.3, -0.25) is 19.6 Å². The number of fused-ring (bicyclic) bond motifs is 2. The number of likely N-dealkylation sites (N-methyl/N-ethyl adjacent to an activating group) is 1. The first-order valence-corrected chi connectivity index (χ1v) is 18.2. The number of alkyl halides is 1. The van der Waals surface area contributed by atoms with E-state index in [1.165, 1.54) is 12.1 Å². The third-order valence-electron chi connectivity index (χ3n) is 11.3. The first-order valence-electron chi connectivity index (χ1n) is 18.2. The quantitative estimate of drug-likeness (QED) is 0.243. The molecule has 0 unspecified atom stereocenters. The molecule has 3 aliphatic heterocycles. The van der Waals surface area contributed by atoms with Crippen LogP contribution in [0.4, 0.5) is 14.6 Å². The van der Waals surface area contributed by atoms with Crippen LogP contribution in [0, 0.1) is 18.2 Å². The summed E-state index contributed by atoms with van der Waals surface area (Å²) in [5.41, 5.74) is 4.00. The molecule has 1 aromatic carbocycles. The lowest BCUT2D eigenvalue weighted by molar-refractivity contribution is -0.126. The lowest BCUT2D eigenvalue weighted by Crippen LogP contribution is -2.45. The zero-order chi connectivity index (χ0) is 36.6. The lowest BCUT2D eigenvalue weighted by Gasteiger charge is -2.41. The molecule has 2 aromatic heterocycles. The molecule has 5 atom stereocenters. The largest absolute Gasteiger partial charge is 0.461 e. The standard InChI is InChI=1S/C40H47F2N7O3/c1-5-31-33(42)12-11-27-17-30(50)18-35(37(27)31)47-16-13-32-34(24-47)44-39(45-38(32)46(4)23-29-10-8-15-49(29)36(51)6-2)52-25-40(3)19-28(41)22-48(40)21-26-9-7-14-43-20-26/h1,6-7,9,11-12,14,20,28-30,35,50H,2,8,10,13,15-19,21-25H2,3-4H3/t28-,29+,30+,35-,40+/m1/s1. The summed E-state index contributed by atoms with van der Waals surface area (Å²) in [6.45, 7) is 9.00. The Balaban J connectivity index is 1.19. The van der Waals surface area contributed by atoms with E-state index in [0.29, 0.717) is 65.0 Å². The summed E-state index contributed by atoms with van der Waals surface area (Å²) < 4.78 is 36.4. The molecule has 0 bridgehead atoms. The lowest BCUT2D eigenvalue weighted by atomic mass is 9.81. The van der Waals surface area contributed by atoms with E-state index >= 15 is 4.39 Å². The number of rotatable bonds is 10. The Hall–Kier alpha value is -4.44. The molecule has 7 rings (SSSR count). The van der Waals surface area contributed by atoms with Crippen LogP contribution in [0.25, 0.3) is 0 Å². The number of anilines is 1. The molecule has 2 saturated heterocycles. The molecule has 1 N–H and O–H groups in total. The number of ether oxygens (including phenoxy) is 1. The molecule has 1 aliphatic carbocycles. The van der Waals surface area contributed by atoms with E-state index in [0.717, 1.165) is 46.6 Å². The fourth-order valence-electron chi connectivity index (χ4n) is 8.74. The van der Waals surface area contributed by atoms with Gasteiger partial charge in [0.25, 0.3) is 0 Å². The summed E-state index contributed by atoms with van der Waals surface area (Å²) in [5.74, 6) is 2.78. The van der Waals surface area contributed by atoms with Crippen molar-refractivity contribution in [3.63, 3.8) is 0 Å². The van der Waals surface area contributed by atoms with Gasteiger partial charge in [0.15, 0.2) is 0 Å². The monoisotopic (exact) mass is 711 g/mol. The topological polar surface area (TPSA) is 98.2 Å². The van der Waals surface area contributed by atoms with Crippen LogP contribution in [-0.2, 0) is 30.7 Å². The van der Waals surface area contributed by atoms with Crippen LogP contribution in [0.3, 0.4) is 0 Å². The highest BCUT2D eigenvalue weighted by molar-refractivity contribution is 5.87. The second kappa shape index (κ2) is 14.9. The average Bonchev–Trinajstić information content (AvgIpc) is 3.72. The van der Waals surface area contributed by atoms with Crippen molar-refractivity contribution in [2.24, 2.45) is 0 Å². The summed E-state index contributed by atoms with van der Waals surface area (Å²) in [5, 5.41) is 10.9. The highest BCUT2D eigenvalue weighted by Crippen LogP contribution is 2.41. The van der Waals surface area contributed by atoms with Gasteiger partial charge in [-0.2, -0.15) is 9.97 Å². The van der Waals surface area contributed by atoms with Crippen LogP contribution in [0.2, 0.25) is 0 Å². The molecule has 0 radical (unpaired) electrons. The minimum Gasteiger partial charge on any atom is -0.461 e. The summed E-state index contributed by atoms with van der Waals surface area (Å²) in [7, 11) is 1.98. The van der Waals surface area contributed by atoms with Gasteiger partial charge in [-0.25, -0.2) is 8.78 Å². The van der Waals surface area contributed by atoms with Gasteiger partial charge in [-0.15, -0.1) is 6.42 Å². The molecule has 10 nitrogen and oxygen atoms in total.